The van der Waals surface area contributed by atoms with E-state index in [1.54, 1.807) is 18.1 Å². The molecule has 1 aromatic rings. The van der Waals surface area contributed by atoms with Crippen molar-refractivity contribution in [1.29, 1.82) is 0 Å². The van der Waals surface area contributed by atoms with Gasteiger partial charge >= 0.3 is 0 Å². The summed E-state index contributed by atoms with van der Waals surface area (Å²) in [6.07, 6.45) is 3.22. The number of likely N-dealkylation sites (N-methyl/N-ethyl adjacent to an activating group) is 1. The Hall–Kier alpha value is -0.940. The minimum Gasteiger partial charge on any atom is -0.383 e. The monoisotopic (exact) mass is 170 g/mol. The SMILES string of the molecule is CNC(COC)Cn1cncn1. The lowest BCUT2D eigenvalue weighted by Gasteiger charge is -2.13. The fourth-order valence-corrected chi connectivity index (χ4v) is 0.981. The van der Waals surface area contributed by atoms with E-state index in [9.17, 15) is 0 Å². The van der Waals surface area contributed by atoms with Gasteiger partial charge in [-0.05, 0) is 7.05 Å². The standard InChI is InChI=1S/C7H14N4O/c1-8-7(4-12-2)3-11-6-9-5-10-11/h5-8H,3-4H2,1-2H3. The van der Waals surface area contributed by atoms with Crippen LogP contribution in [0.25, 0.3) is 0 Å². The van der Waals surface area contributed by atoms with Crippen LogP contribution >= 0.6 is 0 Å². The molecule has 0 saturated carbocycles. The zero-order chi connectivity index (χ0) is 8.81. The lowest BCUT2D eigenvalue weighted by Crippen LogP contribution is -2.34. The zero-order valence-electron chi connectivity index (χ0n) is 7.40. The second-order valence-electron chi connectivity index (χ2n) is 2.56. The quantitative estimate of drug-likeness (QED) is 0.648. The minimum absolute atomic E-state index is 0.289. The average molecular weight is 170 g/mol. The molecule has 0 bridgehead atoms. The number of rotatable bonds is 5. The number of hydrogen-bond acceptors (Lipinski definition) is 4. The predicted molar refractivity (Wildman–Crippen MR) is 44.7 cm³/mol. The van der Waals surface area contributed by atoms with Crippen LogP contribution in [0.3, 0.4) is 0 Å². The summed E-state index contributed by atoms with van der Waals surface area (Å²) in [5.74, 6) is 0. The first kappa shape index (κ1) is 9.15. The lowest BCUT2D eigenvalue weighted by molar-refractivity contribution is 0.160. The van der Waals surface area contributed by atoms with E-state index < -0.39 is 0 Å². The highest BCUT2D eigenvalue weighted by Gasteiger charge is 2.05. The molecule has 0 fully saturated rings. The van der Waals surface area contributed by atoms with Gasteiger partial charge in [0.05, 0.1) is 13.2 Å². The topological polar surface area (TPSA) is 52.0 Å². The van der Waals surface area contributed by atoms with Crippen LogP contribution in [-0.2, 0) is 11.3 Å². The number of nitrogens with zero attached hydrogens (tertiary/aromatic N) is 3. The molecule has 5 nitrogen and oxygen atoms in total. The molecule has 0 spiro atoms. The summed E-state index contributed by atoms with van der Waals surface area (Å²) in [6, 6.07) is 0.289. The molecule has 1 atom stereocenters. The summed E-state index contributed by atoms with van der Waals surface area (Å²) in [5.41, 5.74) is 0. The van der Waals surface area contributed by atoms with E-state index in [1.165, 1.54) is 6.33 Å². The van der Waals surface area contributed by atoms with Crippen LogP contribution in [0.1, 0.15) is 0 Å². The van der Waals surface area contributed by atoms with Crippen LogP contribution in [0, 0.1) is 0 Å². The van der Waals surface area contributed by atoms with Crippen molar-refractivity contribution in [1.82, 2.24) is 20.1 Å². The van der Waals surface area contributed by atoms with Crippen LogP contribution in [0.2, 0.25) is 0 Å². The van der Waals surface area contributed by atoms with E-state index in [1.807, 2.05) is 7.05 Å². The zero-order valence-corrected chi connectivity index (χ0v) is 7.40. The molecule has 0 aromatic carbocycles. The molecular weight excluding hydrogens is 156 g/mol. The Morgan fingerprint density at radius 3 is 3.00 bits per heavy atom. The van der Waals surface area contributed by atoms with Gasteiger partial charge in [-0.15, -0.1) is 0 Å². The molecule has 0 aliphatic rings. The lowest BCUT2D eigenvalue weighted by atomic mass is 10.3. The molecular formula is C7H14N4O. The normalized spacial score (nSPS) is 13.2. The highest BCUT2D eigenvalue weighted by Crippen LogP contribution is 1.89. The average Bonchev–Trinajstić information content (AvgIpc) is 2.56. The molecule has 1 rings (SSSR count). The van der Waals surface area contributed by atoms with Crippen molar-refractivity contribution in [2.45, 2.75) is 12.6 Å². The van der Waals surface area contributed by atoms with E-state index >= 15 is 0 Å². The summed E-state index contributed by atoms with van der Waals surface area (Å²) >= 11 is 0. The van der Waals surface area contributed by atoms with Crippen molar-refractivity contribution in [2.24, 2.45) is 0 Å². The fraction of sp³-hybridized carbons (Fsp3) is 0.714. The second kappa shape index (κ2) is 4.84. The minimum atomic E-state index is 0.289. The molecule has 1 heterocycles. The number of nitrogens with one attached hydrogen (secondary N) is 1. The number of methoxy groups -OCH3 is 1. The van der Waals surface area contributed by atoms with Gasteiger partial charge in [0.2, 0.25) is 0 Å². The Morgan fingerprint density at radius 1 is 1.67 bits per heavy atom. The molecule has 0 aliphatic carbocycles. The fourth-order valence-electron chi connectivity index (χ4n) is 0.981. The van der Waals surface area contributed by atoms with Gasteiger partial charge in [-0.3, -0.25) is 4.68 Å². The number of hydrogen-bond donors (Lipinski definition) is 1. The second-order valence-corrected chi connectivity index (χ2v) is 2.56. The Kier molecular flexibility index (Phi) is 3.69. The summed E-state index contributed by atoms with van der Waals surface area (Å²) in [7, 11) is 3.59. The molecule has 1 aromatic heterocycles. The van der Waals surface area contributed by atoms with Crippen LogP contribution in [0.4, 0.5) is 0 Å². The van der Waals surface area contributed by atoms with Gasteiger partial charge in [-0.25, -0.2) is 4.98 Å². The highest BCUT2D eigenvalue weighted by molar-refractivity contribution is 4.65. The molecule has 0 amide bonds. The van der Waals surface area contributed by atoms with Gasteiger partial charge in [0, 0.05) is 13.2 Å². The smallest absolute Gasteiger partial charge is 0.137 e. The van der Waals surface area contributed by atoms with Crippen LogP contribution in [0.5, 0.6) is 0 Å². The first-order valence-electron chi connectivity index (χ1n) is 3.85. The Bertz CT molecular complexity index is 199. The predicted octanol–water partition coefficient (Wildman–Crippen LogP) is -0.488. The van der Waals surface area contributed by atoms with Crippen molar-refractivity contribution in [3.63, 3.8) is 0 Å². The van der Waals surface area contributed by atoms with E-state index in [-0.39, 0.29) is 6.04 Å². The van der Waals surface area contributed by atoms with Gasteiger partial charge in [-0.2, -0.15) is 5.10 Å². The molecule has 0 saturated heterocycles. The van der Waals surface area contributed by atoms with Gasteiger partial charge in [0.15, 0.2) is 0 Å². The molecule has 0 aliphatic heterocycles. The number of ether oxygens (including phenoxy) is 1. The maximum absolute atomic E-state index is 5.02. The van der Waals surface area contributed by atoms with Gasteiger partial charge < -0.3 is 10.1 Å². The maximum atomic E-state index is 5.02. The third kappa shape index (κ3) is 2.60. The van der Waals surface area contributed by atoms with E-state index in [4.69, 9.17) is 4.74 Å². The first-order chi connectivity index (χ1) is 5.86. The van der Waals surface area contributed by atoms with Gasteiger partial charge in [0.1, 0.15) is 12.7 Å². The first-order valence-corrected chi connectivity index (χ1v) is 3.85. The molecule has 5 heteroatoms. The summed E-state index contributed by atoms with van der Waals surface area (Å²) in [4.78, 5) is 3.85. The van der Waals surface area contributed by atoms with Crippen molar-refractivity contribution in [3.8, 4) is 0 Å². The third-order valence-corrected chi connectivity index (χ3v) is 1.65. The Labute approximate surface area is 71.7 Å². The van der Waals surface area contributed by atoms with Crippen molar-refractivity contribution < 1.29 is 4.74 Å². The molecule has 68 valence electrons. The third-order valence-electron chi connectivity index (χ3n) is 1.65. The molecule has 0 radical (unpaired) electrons. The van der Waals surface area contributed by atoms with Crippen molar-refractivity contribution in [3.05, 3.63) is 12.7 Å². The van der Waals surface area contributed by atoms with Crippen LogP contribution < -0.4 is 5.32 Å². The van der Waals surface area contributed by atoms with Crippen LogP contribution in [0.15, 0.2) is 12.7 Å². The summed E-state index contributed by atoms with van der Waals surface area (Å²) in [6.45, 7) is 1.46. The highest BCUT2D eigenvalue weighted by atomic mass is 16.5. The molecule has 1 N–H and O–H groups in total. The van der Waals surface area contributed by atoms with E-state index in [0.29, 0.717) is 6.61 Å². The Morgan fingerprint density at radius 2 is 2.50 bits per heavy atom. The summed E-state index contributed by atoms with van der Waals surface area (Å²) in [5, 5.41) is 7.12. The van der Waals surface area contributed by atoms with Crippen molar-refractivity contribution >= 4 is 0 Å². The molecule has 1 unspecified atom stereocenters. The largest absolute Gasteiger partial charge is 0.383 e. The van der Waals surface area contributed by atoms with Crippen LogP contribution in [-0.4, -0.2) is 41.6 Å². The van der Waals surface area contributed by atoms with Gasteiger partial charge in [-0.1, -0.05) is 0 Å². The van der Waals surface area contributed by atoms with Gasteiger partial charge in [0.25, 0.3) is 0 Å². The maximum Gasteiger partial charge on any atom is 0.137 e. The van der Waals surface area contributed by atoms with Crippen molar-refractivity contribution in [2.75, 3.05) is 20.8 Å². The number of aromatic nitrogens is 3. The van der Waals surface area contributed by atoms with E-state index in [0.717, 1.165) is 6.54 Å². The Balaban J connectivity index is 2.37. The molecule has 12 heavy (non-hydrogen) atoms. The summed E-state index contributed by atoms with van der Waals surface area (Å²) < 4.78 is 6.80. The van der Waals surface area contributed by atoms with E-state index in [2.05, 4.69) is 15.4 Å².